The zero-order chi connectivity index (χ0) is 7.68. The molecule has 0 nitrogen and oxygen atoms in total. The zero-order valence-electron chi connectivity index (χ0n) is 7.01. The van der Waals surface area contributed by atoms with Crippen molar-refractivity contribution in [3.63, 3.8) is 0 Å². The summed E-state index contributed by atoms with van der Waals surface area (Å²) in [6.07, 6.45) is 4.24. The van der Waals surface area contributed by atoms with Crippen molar-refractivity contribution in [1.29, 1.82) is 0 Å². The normalized spacial score (nSPS) is 17.9. The molecule has 0 atom stereocenters. The van der Waals surface area contributed by atoms with Gasteiger partial charge in [0.1, 0.15) is 0 Å². The summed E-state index contributed by atoms with van der Waals surface area (Å²) in [5, 5.41) is 0. The van der Waals surface area contributed by atoms with Gasteiger partial charge in [-0.2, -0.15) is 0 Å². The Labute approximate surface area is 68.3 Å². The zero-order valence-corrected chi connectivity index (χ0v) is 7.01. The Kier molecular flexibility index (Phi) is 1.69. The van der Waals surface area contributed by atoms with Crippen molar-refractivity contribution < 1.29 is 0 Å². The van der Waals surface area contributed by atoms with Crippen molar-refractivity contribution in [3.8, 4) is 0 Å². The van der Waals surface area contributed by atoms with Crippen LogP contribution in [0.3, 0.4) is 0 Å². The highest BCUT2D eigenvalue weighted by molar-refractivity contribution is 5.26. The minimum atomic E-state index is 0.884. The molecule has 0 unspecified atom stereocenters. The molecular formula is C11H14. The molecule has 1 aliphatic rings. The Morgan fingerprint density at radius 2 is 2.09 bits per heavy atom. The molecule has 0 radical (unpaired) electrons. The summed E-state index contributed by atoms with van der Waals surface area (Å²) in [6, 6.07) is 8.92. The van der Waals surface area contributed by atoms with E-state index in [0.717, 1.165) is 5.92 Å². The quantitative estimate of drug-likeness (QED) is 0.570. The van der Waals surface area contributed by atoms with E-state index in [1.165, 1.54) is 24.8 Å². The summed E-state index contributed by atoms with van der Waals surface area (Å²) >= 11 is 0. The largest absolute Gasteiger partial charge is 0.0617 e. The van der Waals surface area contributed by atoms with E-state index in [4.69, 9.17) is 0 Å². The van der Waals surface area contributed by atoms with Crippen LogP contribution in [-0.2, 0) is 0 Å². The number of benzene rings is 1. The fraction of sp³-hybridized carbons (Fsp3) is 0.455. The Bertz CT molecular complexity index is 246. The lowest BCUT2D eigenvalue weighted by molar-refractivity contribution is 0.419. The van der Waals surface area contributed by atoms with Gasteiger partial charge in [0, 0.05) is 0 Å². The maximum Gasteiger partial charge on any atom is -0.0162 e. The summed E-state index contributed by atoms with van der Waals surface area (Å²) in [5.41, 5.74) is 2.95. The average molecular weight is 146 g/mol. The molecule has 1 saturated carbocycles. The first-order valence-electron chi connectivity index (χ1n) is 4.43. The molecule has 0 aromatic heterocycles. The van der Waals surface area contributed by atoms with Crippen LogP contribution in [0.15, 0.2) is 24.3 Å². The van der Waals surface area contributed by atoms with E-state index in [0.29, 0.717) is 0 Å². The minimum Gasteiger partial charge on any atom is -0.0617 e. The molecule has 0 aliphatic heterocycles. The molecule has 11 heavy (non-hydrogen) atoms. The standard InChI is InChI=1S/C11H14/c1-9-4-2-7-11(8-9)10-5-3-6-10/h2,4,7-8,10H,3,5-6H2,1H3. The Hall–Kier alpha value is -0.780. The van der Waals surface area contributed by atoms with Gasteiger partial charge in [-0.3, -0.25) is 0 Å². The molecule has 1 fully saturated rings. The lowest BCUT2D eigenvalue weighted by atomic mass is 9.80. The van der Waals surface area contributed by atoms with Crippen LogP contribution in [0.4, 0.5) is 0 Å². The molecule has 2 rings (SSSR count). The summed E-state index contributed by atoms with van der Waals surface area (Å²) < 4.78 is 0. The van der Waals surface area contributed by atoms with E-state index in [2.05, 4.69) is 31.2 Å². The molecule has 0 saturated heterocycles. The van der Waals surface area contributed by atoms with Gasteiger partial charge in [0.15, 0.2) is 0 Å². The molecular weight excluding hydrogens is 132 g/mol. The molecule has 1 aromatic carbocycles. The smallest absolute Gasteiger partial charge is 0.0162 e. The van der Waals surface area contributed by atoms with Gasteiger partial charge in [-0.05, 0) is 31.2 Å². The van der Waals surface area contributed by atoms with Crippen molar-refractivity contribution in [2.75, 3.05) is 0 Å². The molecule has 0 amide bonds. The fourth-order valence-corrected chi connectivity index (χ4v) is 1.67. The Morgan fingerprint density at radius 3 is 2.64 bits per heavy atom. The van der Waals surface area contributed by atoms with Crippen molar-refractivity contribution in [1.82, 2.24) is 0 Å². The van der Waals surface area contributed by atoms with Gasteiger partial charge in [-0.15, -0.1) is 0 Å². The van der Waals surface area contributed by atoms with E-state index >= 15 is 0 Å². The minimum absolute atomic E-state index is 0.884. The van der Waals surface area contributed by atoms with E-state index in [1.807, 2.05) is 0 Å². The lowest BCUT2D eigenvalue weighted by Crippen LogP contribution is -2.08. The van der Waals surface area contributed by atoms with Crippen LogP contribution < -0.4 is 0 Å². The predicted octanol–water partition coefficient (Wildman–Crippen LogP) is 3.26. The van der Waals surface area contributed by atoms with E-state index in [9.17, 15) is 0 Å². The SMILES string of the molecule is Cc1cccc(C2CCC2)c1. The van der Waals surface area contributed by atoms with E-state index in [1.54, 1.807) is 5.56 Å². The highest BCUT2D eigenvalue weighted by Crippen LogP contribution is 2.36. The fourth-order valence-electron chi connectivity index (χ4n) is 1.67. The highest BCUT2D eigenvalue weighted by Gasteiger charge is 2.18. The van der Waals surface area contributed by atoms with Gasteiger partial charge < -0.3 is 0 Å². The van der Waals surface area contributed by atoms with Crippen molar-refractivity contribution >= 4 is 0 Å². The van der Waals surface area contributed by atoms with E-state index < -0.39 is 0 Å². The molecule has 0 N–H and O–H groups in total. The van der Waals surface area contributed by atoms with Crippen LogP contribution in [0.5, 0.6) is 0 Å². The molecule has 1 aromatic rings. The van der Waals surface area contributed by atoms with Crippen molar-refractivity contribution in [3.05, 3.63) is 35.4 Å². The van der Waals surface area contributed by atoms with Crippen molar-refractivity contribution in [2.45, 2.75) is 32.1 Å². The highest BCUT2D eigenvalue weighted by atomic mass is 14.2. The summed E-state index contributed by atoms with van der Waals surface area (Å²) in [5.74, 6) is 0.884. The number of hydrogen-bond acceptors (Lipinski definition) is 0. The van der Waals surface area contributed by atoms with E-state index in [-0.39, 0.29) is 0 Å². The number of aryl methyl sites for hydroxylation is 1. The summed E-state index contributed by atoms with van der Waals surface area (Å²) in [4.78, 5) is 0. The van der Waals surface area contributed by atoms with Gasteiger partial charge >= 0.3 is 0 Å². The molecule has 0 heteroatoms. The maximum atomic E-state index is 2.32. The van der Waals surface area contributed by atoms with Crippen molar-refractivity contribution in [2.24, 2.45) is 0 Å². The molecule has 0 bridgehead atoms. The van der Waals surface area contributed by atoms with Crippen LogP contribution >= 0.6 is 0 Å². The molecule has 0 heterocycles. The summed E-state index contributed by atoms with van der Waals surface area (Å²) in [7, 11) is 0. The first-order valence-corrected chi connectivity index (χ1v) is 4.43. The maximum absolute atomic E-state index is 2.32. The van der Waals surface area contributed by atoms with Crippen LogP contribution in [0, 0.1) is 6.92 Å². The van der Waals surface area contributed by atoms with Gasteiger partial charge in [0.25, 0.3) is 0 Å². The second-order valence-corrected chi connectivity index (χ2v) is 3.54. The summed E-state index contributed by atoms with van der Waals surface area (Å²) in [6.45, 7) is 2.17. The second-order valence-electron chi connectivity index (χ2n) is 3.54. The topological polar surface area (TPSA) is 0 Å². The first-order chi connectivity index (χ1) is 5.36. The third-order valence-electron chi connectivity index (χ3n) is 2.62. The third-order valence-corrected chi connectivity index (χ3v) is 2.62. The number of rotatable bonds is 1. The van der Waals surface area contributed by atoms with Crippen LogP contribution in [0.2, 0.25) is 0 Å². The van der Waals surface area contributed by atoms with Gasteiger partial charge in [0.05, 0.1) is 0 Å². The van der Waals surface area contributed by atoms with Gasteiger partial charge in [-0.1, -0.05) is 36.2 Å². The van der Waals surface area contributed by atoms with Crippen LogP contribution in [0.1, 0.15) is 36.3 Å². The van der Waals surface area contributed by atoms with Gasteiger partial charge in [0.2, 0.25) is 0 Å². The predicted molar refractivity (Wildman–Crippen MR) is 47.8 cm³/mol. The second kappa shape index (κ2) is 2.69. The molecule has 1 aliphatic carbocycles. The molecule has 0 spiro atoms. The Balaban J connectivity index is 2.23. The monoisotopic (exact) mass is 146 g/mol. The van der Waals surface area contributed by atoms with Gasteiger partial charge in [-0.25, -0.2) is 0 Å². The average Bonchev–Trinajstić information content (AvgIpc) is 1.83. The van der Waals surface area contributed by atoms with Crippen LogP contribution in [-0.4, -0.2) is 0 Å². The molecule has 58 valence electrons. The lowest BCUT2D eigenvalue weighted by Gasteiger charge is -2.25. The first kappa shape index (κ1) is 6.90. The third kappa shape index (κ3) is 1.30. The number of hydrogen-bond donors (Lipinski definition) is 0. The van der Waals surface area contributed by atoms with Crippen LogP contribution in [0.25, 0.3) is 0 Å². The Morgan fingerprint density at radius 1 is 1.27 bits per heavy atom.